The maximum Gasteiger partial charge on any atom is 0.249 e. The summed E-state index contributed by atoms with van der Waals surface area (Å²) in [6, 6.07) is 5.79. The van der Waals surface area contributed by atoms with Crippen molar-refractivity contribution in [2.75, 3.05) is 11.4 Å². The summed E-state index contributed by atoms with van der Waals surface area (Å²) in [6.07, 6.45) is 2.41. The second-order valence-electron chi connectivity index (χ2n) is 5.64. The van der Waals surface area contributed by atoms with Crippen molar-refractivity contribution in [3.63, 3.8) is 0 Å². The molecule has 3 rings (SSSR count). The van der Waals surface area contributed by atoms with Crippen molar-refractivity contribution < 1.29 is 9.59 Å². The third kappa shape index (κ3) is 3.19. The fourth-order valence-electron chi connectivity index (χ4n) is 2.53. The number of piperazine rings is 1. The first-order valence-corrected chi connectivity index (χ1v) is 7.54. The average molecular weight is 308 g/mol. The molecule has 0 aromatic heterocycles. The van der Waals surface area contributed by atoms with Crippen molar-refractivity contribution in [2.24, 2.45) is 0 Å². The van der Waals surface area contributed by atoms with Crippen molar-refractivity contribution in [1.29, 1.82) is 0 Å². The van der Waals surface area contributed by atoms with Gasteiger partial charge in [-0.15, -0.1) is 0 Å². The number of nitrogens with zero attached hydrogens (tertiary/aromatic N) is 1. The molecule has 6 heteroatoms. The number of hydrogen-bond donors (Lipinski definition) is 2. The zero-order valence-corrected chi connectivity index (χ0v) is 12.6. The first kappa shape index (κ1) is 14.4. The van der Waals surface area contributed by atoms with Gasteiger partial charge >= 0.3 is 0 Å². The van der Waals surface area contributed by atoms with E-state index in [0.717, 1.165) is 11.3 Å². The Bertz CT molecular complexity index is 586. The molecule has 1 saturated heterocycles. The second kappa shape index (κ2) is 5.66. The Hall–Kier alpha value is -1.59. The van der Waals surface area contributed by atoms with Crippen LogP contribution in [0.1, 0.15) is 25.3 Å². The minimum atomic E-state index is -0.372. The molecule has 0 bridgehead atoms. The maximum absolute atomic E-state index is 11.8. The summed E-state index contributed by atoms with van der Waals surface area (Å²) in [5.74, 6) is -0.531. The van der Waals surface area contributed by atoms with E-state index in [-0.39, 0.29) is 24.4 Å². The number of anilines is 1. The topological polar surface area (TPSA) is 61.4 Å². The lowest BCUT2D eigenvalue weighted by atomic mass is 10.1. The van der Waals surface area contributed by atoms with Crippen LogP contribution >= 0.6 is 11.6 Å². The highest BCUT2D eigenvalue weighted by atomic mass is 35.5. The molecule has 2 aliphatic rings. The fourth-order valence-corrected chi connectivity index (χ4v) is 2.72. The predicted octanol–water partition coefficient (Wildman–Crippen LogP) is 1.44. The first-order chi connectivity index (χ1) is 10.0. The molecule has 0 spiro atoms. The quantitative estimate of drug-likeness (QED) is 0.827. The van der Waals surface area contributed by atoms with E-state index in [2.05, 4.69) is 10.6 Å². The Labute approximate surface area is 128 Å². The number of hydrogen-bond acceptors (Lipinski definition) is 4. The van der Waals surface area contributed by atoms with Crippen molar-refractivity contribution in [1.82, 2.24) is 10.6 Å². The summed E-state index contributed by atoms with van der Waals surface area (Å²) < 4.78 is 0. The van der Waals surface area contributed by atoms with Crippen LogP contribution in [-0.4, -0.2) is 30.4 Å². The van der Waals surface area contributed by atoms with Gasteiger partial charge in [-0.25, -0.2) is 0 Å². The standard InChI is InChI=1S/C15H18ClN3O2/c1-9-15(21)18-14(20)8-19(9)13-5-2-11(16)6-10(13)7-17-12-3-4-12/h2,5-6,9,12,17H,3-4,7-8H2,1H3,(H,18,20,21). The van der Waals surface area contributed by atoms with E-state index in [1.54, 1.807) is 13.0 Å². The molecule has 1 atom stereocenters. The summed E-state index contributed by atoms with van der Waals surface area (Å²) in [5, 5.41) is 6.46. The Kier molecular flexibility index (Phi) is 3.87. The van der Waals surface area contributed by atoms with Crippen molar-refractivity contribution >= 4 is 29.1 Å². The van der Waals surface area contributed by atoms with E-state index >= 15 is 0 Å². The van der Waals surface area contributed by atoms with Crippen LogP contribution in [0.3, 0.4) is 0 Å². The summed E-state index contributed by atoms with van der Waals surface area (Å²) in [6.45, 7) is 2.68. The molecule has 21 heavy (non-hydrogen) atoms. The van der Waals surface area contributed by atoms with Crippen LogP contribution < -0.4 is 15.5 Å². The third-order valence-electron chi connectivity index (χ3n) is 3.93. The molecule has 1 unspecified atom stereocenters. The van der Waals surface area contributed by atoms with Gasteiger partial charge in [0, 0.05) is 23.3 Å². The molecule has 1 aromatic rings. The number of amides is 2. The molecule has 1 aromatic carbocycles. The van der Waals surface area contributed by atoms with Crippen molar-refractivity contribution in [3.8, 4) is 0 Å². The summed E-state index contributed by atoms with van der Waals surface area (Å²) >= 11 is 6.09. The van der Waals surface area contributed by atoms with Crippen molar-refractivity contribution in [3.05, 3.63) is 28.8 Å². The van der Waals surface area contributed by atoms with Crippen LogP contribution in [-0.2, 0) is 16.1 Å². The van der Waals surface area contributed by atoms with E-state index in [1.165, 1.54) is 12.8 Å². The first-order valence-electron chi connectivity index (χ1n) is 7.17. The van der Waals surface area contributed by atoms with Crippen LogP contribution in [0.2, 0.25) is 5.02 Å². The molecular weight excluding hydrogens is 290 g/mol. The number of benzene rings is 1. The molecule has 1 aliphatic heterocycles. The van der Waals surface area contributed by atoms with Gasteiger partial charge in [0.1, 0.15) is 6.04 Å². The molecule has 1 heterocycles. The minimum absolute atomic E-state index is 0.185. The van der Waals surface area contributed by atoms with E-state index in [0.29, 0.717) is 17.6 Å². The smallest absolute Gasteiger partial charge is 0.249 e. The molecule has 5 nitrogen and oxygen atoms in total. The molecule has 112 valence electrons. The Morgan fingerprint density at radius 1 is 1.38 bits per heavy atom. The lowest BCUT2D eigenvalue weighted by Gasteiger charge is -2.35. The Morgan fingerprint density at radius 3 is 2.86 bits per heavy atom. The van der Waals surface area contributed by atoms with Crippen LogP contribution in [0.15, 0.2) is 18.2 Å². The van der Waals surface area contributed by atoms with Crippen LogP contribution in [0.5, 0.6) is 0 Å². The molecule has 0 radical (unpaired) electrons. The normalized spacial score (nSPS) is 22.4. The van der Waals surface area contributed by atoms with Crippen molar-refractivity contribution in [2.45, 2.75) is 38.4 Å². The fraction of sp³-hybridized carbons (Fsp3) is 0.467. The molecular formula is C15H18ClN3O2. The summed E-state index contributed by atoms with van der Waals surface area (Å²) in [4.78, 5) is 25.3. The predicted molar refractivity (Wildman–Crippen MR) is 81.3 cm³/mol. The highest BCUT2D eigenvalue weighted by molar-refractivity contribution is 6.30. The average Bonchev–Trinajstić information content (AvgIpc) is 3.25. The summed E-state index contributed by atoms with van der Waals surface area (Å²) in [5.41, 5.74) is 1.91. The minimum Gasteiger partial charge on any atom is -0.350 e. The van der Waals surface area contributed by atoms with E-state index in [9.17, 15) is 9.59 Å². The molecule has 1 aliphatic carbocycles. The SMILES string of the molecule is CC1C(=O)NC(=O)CN1c1ccc(Cl)cc1CNC1CC1. The zero-order chi connectivity index (χ0) is 15.0. The van der Waals surface area contributed by atoms with E-state index in [1.807, 2.05) is 17.0 Å². The summed E-state index contributed by atoms with van der Waals surface area (Å²) in [7, 11) is 0. The number of nitrogens with one attached hydrogen (secondary N) is 2. The van der Waals surface area contributed by atoms with Gasteiger partial charge in [0.2, 0.25) is 11.8 Å². The Balaban J connectivity index is 1.88. The highest BCUT2D eigenvalue weighted by Gasteiger charge is 2.31. The van der Waals surface area contributed by atoms with Gasteiger partial charge in [-0.1, -0.05) is 11.6 Å². The van der Waals surface area contributed by atoms with Crippen LogP contribution in [0.4, 0.5) is 5.69 Å². The van der Waals surface area contributed by atoms with Gasteiger partial charge in [0.05, 0.1) is 6.54 Å². The van der Waals surface area contributed by atoms with Crippen LogP contribution in [0.25, 0.3) is 0 Å². The van der Waals surface area contributed by atoms with E-state index in [4.69, 9.17) is 11.6 Å². The number of imide groups is 1. The molecule has 1 saturated carbocycles. The highest BCUT2D eigenvalue weighted by Crippen LogP contribution is 2.28. The number of rotatable bonds is 4. The number of carbonyl (C=O) groups is 2. The van der Waals surface area contributed by atoms with Crippen LogP contribution in [0, 0.1) is 0 Å². The molecule has 2 amide bonds. The van der Waals surface area contributed by atoms with Gasteiger partial charge in [0.15, 0.2) is 0 Å². The lowest BCUT2D eigenvalue weighted by Crippen LogP contribution is -2.57. The number of carbonyl (C=O) groups excluding carboxylic acids is 2. The second-order valence-corrected chi connectivity index (χ2v) is 6.08. The van der Waals surface area contributed by atoms with Gasteiger partial charge in [-0.3, -0.25) is 14.9 Å². The number of halogens is 1. The molecule has 2 N–H and O–H groups in total. The largest absolute Gasteiger partial charge is 0.350 e. The van der Waals surface area contributed by atoms with Gasteiger partial charge in [-0.05, 0) is 43.5 Å². The Morgan fingerprint density at radius 2 is 2.14 bits per heavy atom. The van der Waals surface area contributed by atoms with E-state index < -0.39 is 0 Å². The van der Waals surface area contributed by atoms with Gasteiger partial charge < -0.3 is 10.2 Å². The third-order valence-corrected chi connectivity index (χ3v) is 4.17. The van der Waals surface area contributed by atoms with Gasteiger partial charge in [0.25, 0.3) is 0 Å². The maximum atomic E-state index is 11.8. The zero-order valence-electron chi connectivity index (χ0n) is 11.9. The monoisotopic (exact) mass is 307 g/mol. The van der Waals surface area contributed by atoms with Gasteiger partial charge in [-0.2, -0.15) is 0 Å². The lowest BCUT2D eigenvalue weighted by molar-refractivity contribution is -0.132. The molecule has 2 fully saturated rings.